The maximum atomic E-state index is 10.5. The molecule has 1 unspecified atom stereocenters. The first-order valence-electron chi connectivity index (χ1n) is 5.99. The second kappa shape index (κ2) is 5.29. The molecule has 1 heterocycles. The lowest BCUT2D eigenvalue weighted by molar-refractivity contribution is 0.0341. The van der Waals surface area contributed by atoms with Crippen LogP contribution < -0.4 is 5.73 Å². The van der Waals surface area contributed by atoms with Crippen LogP contribution in [0.2, 0.25) is 0 Å². The van der Waals surface area contributed by atoms with Crippen molar-refractivity contribution in [2.45, 2.75) is 25.5 Å². The molecule has 0 spiro atoms. The Bertz CT molecular complexity index is 493. The topological polar surface area (TPSA) is 77.0 Å². The van der Waals surface area contributed by atoms with Gasteiger partial charge < -0.3 is 10.8 Å². The van der Waals surface area contributed by atoms with Crippen LogP contribution >= 0.6 is 0 Å². The molecular weight excluding hydrogens is 228 g/mol. The van der Waals surface area contributed by atoms with E-state index in [2.05, 4.69) is 10.3 Å². The Morgan fingerprint density at radius 1 is 1.33 bits per heavy atom. The summed E-state index contributed by atoms with van der Waals surface area (Å²) in [6, 6.07) is 9.54. The quantitative estimate of drug-likeness (QED) is 0.813. The molecule has 0 radical (unpaired) electrons. The zero-order chi connectivity index (χ0) is 13.0. The van der Waals surface area contributed by atoms with Crippen LogP contribution in [-0.4, -0.2) is 26.6 Å². The Morgan fingerprint density at radius 3 is 2.72 bits per heavy atom. The van der Waals surface area contributed by atoms with Crippen molar-refractivity contribution in [3.8, 4) is 0 Å². The fourth-order valence-corrected chi connectivity index (χ4v) is 1.88. The summed E-state index contributed by atoms with van der Waals surface area (Å²) < 4.78 is 1.65. The van der Waals surface area contributed by atoms with Crippen molar-refractivity contribution in [1.29, 1.82) is 0 Å². The first-order chi connectivity index (χ1) is 8.62. The van der Waals surface area contributed by atoms with E-state index in [4.69, 9.17) is 5.73 Å². The molecule has 5 nitrogen and oxygen atoms in total. The summed E-state index contributed by atoms with van der Waals surface area (Å²) in [6.45, 7) is 2.69. The number of aromatic nitrogens is 3. The highest BCUT2D eigenvalue weighted by molar-refractivity contribution is 5.21. The molecule has 0 fully saturated rings. The maximum Gasteiger partial charge on any atom is 0.106 e. The molecule has 0 bridgehead atoms. The van der Waals surface area contributed by atoms with Gasteiger partial charge in [0, 0.05) is 12.6 Å². The molecule has 1 aromatic carbocycles. The number of aliphatic hydroxyl groups is 1. The van der Waals surface area contributed by atoms with E-state index in [1.165, 1.54) is 0 Å². The second-order valence-electron chi connectivity index (χ2n) is 4.59. The molecule has 0 amide bonds. The molecular formula is C13H18N4O. The molecule has 0 aliphatic rings. The molecule has 0 aliphatic heterocycles. The molecule has 0 saturated carbocycles. The van der Waals surface area contributed by atoms with Crippen LogP contribution in [0.5, 0.6) is 0 Å². The average Bonchev–Trinajstić information content (AvgIpc) is 2.77. The Morgan fingerprint density at radius 2 is 2.06 bits per heavy atom. The smallest absolute Gasteiger partial charge is 0.106 e. The second-order valence-corrected chi connectivity index (χ2v) is 4.59. The summed E-state index contributed by atoms with van der Waals surface area (Å²) in [5.74, 6) is 0. The molecule has 2 aromatic rings. The SMILES string of the molecule is CC(O)(Cn1cc(CCN)nn1)c1ccccc1. The van der Waals surface area contributed by atoms with E-state index in [-0.39, 0.29) is 0 Å². The number of nitrogens with zero attached hydrogens (tertiary/aromatic N) is 3. The first-order valence-corrected chi connectivity index (χ1v) is 5.99. The lowest BCUT2D eigenvalue weighted by Gasteiger charge is -2.23. The standard InChI is InChI=1S/C13H18N4O/c1-13(18,11-5-3-2-4-6-11)10-17-9-12(7-8-14)15-16-17/h2-6,9,18H,7-8,10,14H2,1H3. The largest absolute Gasteiger partial charge is 0.384 e. The minimum absolute atomic E-state index is 0.370. The number of hydrogen-bond acceptors (Lipinski definition) is 4. The number of hydrogen-bond donors (Lipinski definition) is 2. The highest BCUT2D eigenvalue weighted by Gasteiger charge is 2.24. The van der Waals surface area contributed by atoms with Gasteiger partial charge in [-0.25, -0.2) is 4.68 Å². The van der Waals surface area contributed by atoms with Gasteiger partial charge in [-0.2, -0.15) is 0 Å². The minimum Gasteiger partial charge on any atom is -0.384 e. The third-order valence-corrected chi connectivity index (χ3v) is 2.85. The van der Waals surface area contributed by atoms with Crippen LogP contribution in [0.3, 0.4) is 0 Å². The third kappa shape index (κ3) is 2.94. The predicted octanol–water partition coefficient (Wildman–Crippen LogP) is 0.687. The van der Waals surface area contributed by atoms with Crippen molar-refractivity contribution in [1.82, 2.24) is 15.0 Å². The number of rotatable bonds is 5. The lowest BCUT2D eigenvalue weighted by Crippen LogP contribution is -2.28. The molecule has 0 aliphatic carbocycles. The molecule has 3 N–H and O–H groups in total. The summed E-state index contributed by atoms with van der Waals surface area (Å²) in [5.41, 5.74) is 6.21. The minimum atomic E-state index is -0.963. The van der Waals surface area contributed by atoms with Crippen molar-refractivity contribution in [2.24, 2.45) is 5.73 Å². The van der Waals surface area contributed by atoms with Gasteiger partial charge in [0.25, 0.3) is 0 Å². The highest BCUT2D eigenvalue weighted by atomic mass is 16.3. The van der Waals surface area contributed by atoms with Crippen molar-refractivity contribution < 1.29 is 5.11 Å². The van der Waals surface area contributed by atoms with E-state index < -0.39 is 5.60 Å². The molecule has 5 heteroatoms. The summed E-state index contributed by atoms with van der Waals surface area (Å²) in [7, 11) is 0. The third-order valence-electron chi connectivity index (χ3n) is 2.85. The van der Waals surface area contributed by atoms with E-state index in [1.807, 2.05) is 36.5 Å². The average molecular weight is 246 g/mol. The van der Waals surface area contributed by atoms with Gasteiger partial charge in [0.15, 0.2) is 0 Å². The molecule has 96 valence electrons. The van der Waals surface area contributed by atoms with Gasteiger partial charge >= 0.3 is 0 Å². The Kier molecular flexibility index (Phi) is 3.74. The summed E-state index contributed by atoms with van der Waals surface area (Å²) in [6.07, 6.45) is 2.53. The fraction of sp³-hybridized carbons (Fsp3) is 0.385. The summed E-state index contributed by atoms with van der Waals surface area (Å²) in [5, 5.41) is 18.5. The molecule has 0 saturated heterocycles. The van der Waals surface area contributed by atoms with Crippen LogP contribution in [0.1, 0.15) is 18.2 Å². The van der Waals surface area contributed by atoms with Crippen molar-refractivity contribution in [2.75, 3.05) is 6.54 Å². The number of benzene rings is 1. The van der Waals surface area contributed by atoms with Gasteiger partial charge in [0.05, 0.1) is 12.2 Å². The maximum absolute atomic E-state index is 10.5. The zero-order valence-electron chi connectivity index (χ0n) is 10.5. The van der Waals surface area contributed by atoms with E-state index in [1.54, 1.807) is 11.6 Å². The Hall–Kier alpha value is -1.72. The van der Waals surface area contributed by atoms with Crippen molar-refractivity contribution in [3.63, 3.8) is 0 Å². The first kappa shape index (κ1) is 12.7. The Labute approximate surface area is 106 Å². The van der Waals surface area contributed by atoms with Crippen molar-refractivity contribution >= 4 is 0 Å². The normalized spacial score (nSPS) is 14.4. The summed E-state index contributed by atoms with van der Waals surface area (Å²) >= 11 is 0. The van der Waals surface area contributed by atoms with E-state index in [9.17, 15) is 5.11 Å². The van der Waals surface area contributed by atoms with Gasteiger partial charge in [-0.05, 0) is 19.0 Å². The molecule has 18 heavy (non-hydrogen) atoms. The molecule has 1 atom stereocenters. The number of nitrogens with two attached hydrogens (primary N) is 1. The van der Waals surface area contributed by atoms with Crippen LogP contribution in [-0.2, 0) is 18.6 Å². The van der Waals surface area contributed by atoms with E-state index in [0.717, 1.165) is 11.3 Å². The summed E-state index contributed by atoms with van der Waals surface area (Å²) in [4.78, 5) is 0. The predicted molar refractivity (Wildman–Crippen MR) is 68.8 cm³/mol. The fourth-order valence-electron chi connectivity index (χ4n) is 1.88. The van der Waals surface area contributed by atoms with E-state index in [0.29, 0.717) is 19.5 Å². The van der Waals surface area contributed by atoms with Gasteiger partial charge in [0.2, 0.25) is 0 Å². The molecule has 2 rings (SSSR count). The van der Waals surface area contributed by atoms with Crippen molar-refractivity contribution in [3.05, 3.63) is 47.8 Å². The van der Waals surface area contributed by atoms with Crippen LogP contribution in [0.4, 0.5) is 0 Å². The van der Waals surface area contributed by atoms with Gasteiger partial charge in [-0.1, -0.05) is 35.5 Å². The van der Waals surface area contributed by atoms with Crippen LogP contribution in [0.15, 0.2) is 36.5 Å². The highest BCUT2D eigenvalue weighted by Crippen LogP contribution is 2.21. The lowest BCUT2D eigenvalue weighted by atomic mass is 9.96. The van der Waals surface area contributed by atoms with Gasteiger partial charge in [0.1, 0.15) is 5.60 Å². The monoisotopic (exact) mass is 246 g/mol. The van der Waals surface area contributed by atoms with Crippen LogP contribution in [0, 0.1) is 0 Å². The Balaban J connectivity index is 2.12. The van der Waals surface area contributed by atoms with Crippen LogP contribution in [0.25, 0.3) is 0 Å². The van der Waals surface area contributed by atoms with Gasteiger partial charge in [-0.3, -0.25) is 0 Å². The van der Waals surface area contributed by atoms with E-state index >= 15 is 0 Å². The molecule has 1 aromatic heterocycles. The van der Waals surface area contributed by atoms with Gasteiger partial charge in [-0.15, -0.1) is 5.10 Å². The zero-order valence-corrected chi connectivity index (χ0v) is 10.5.